The highest BCUT2D eigenvalue weighted by Crippen LogP contribution is 2.46. The van der Waals surface area contributed by atoms with Crippen LogP contribution in [-0.4, -0.2) is 63.7 Å². The summed E-state index contributed by atoms with van der Waals surface area (Å²) < 4.78 is 1.04. The largest absolute Gasteiger partial charge is 0.465 e. The molecule has 1 saturated carbocycles. The quantitative estimate of drug-likeness (QED) is 0.386. The molecule has 2 aliphatic heterocycles. The molecule has 5 heterocycles. The number of thiazole rings is 1. The fourth-order valence-electron chi connectivity index (χ4n) is 5.94. The average molecular weight is 527 g/mol. The molecule has 3 aromatic heterocycles. The standard InChI is InChI=1S/C25H30N6O3S2/c1-13-6-17-20(12-31(13)25(33)34)36-24(22(17)23-29-18-11-26-4-2-19(18)35-23)30-21(32)3-5-28-16-7-14-9-27-10-15(14)8-16/h2,4,11,13-16,27-28H,3,5-10,12H2,1H3,(H,30,32)(H,33,34)/t13-,14-,15+,16+/m0/s1. The molecule has 0 spiro atoms. The van der Waals surface area contributed by atoms with E-state index in [1.54, 1.807) is 23.7 Å². The first kappa shape index (κ1) is 23.8. The Labute approximate surface area is 217 Å². The minimum Gasteiger partial charge on any atom is -0.465 e. The summed E-state index contributed by atoms with van der Waals surface area (Å²) in [6.07, 6.45) is 5.95. The zero-order valence-electron chi connectivity index (χ0n) is 20.1. The number of nitrogens with zero attached hydrogens (tertiary/aromatic N) is 3. The summed E-state index contributed by atoms with van der Waals surface area (Å²) >= 11 is 3.05. The number of pyridine rings is 1. The fraction of sp³-hybridized carbons (Fsp3) is 0.520. The van der Waals surface area contributed by atoms with Crippen LogP contribution in [-0.2, 0) is 17.8 Å². The Morgan fingerprint density at radius 2 is 2.06 bits per heavy atom. The van der Waals surface area contributed by atoms with Gasteiger partial charge in [-0.3, -0.25) is 9.78 Å². The molecule has 1 saturated heterocycles. The maximum Gasteiger partial charge on any atom is 0.407 e. The van der Waals surface area contributed by atoms with Crippen molar-refractivity contribution in [3.05, 3.63) is 28.9 Å². The third-order valence-corrected chi connectivity index (χ3v) is 9.96. The first-order valence-corrected chi connectivity index (χ1v) is 14.2. The zero-order valence-corrected chi connectivity index (χ0v) is 21.8. The van der Waals surface area contributed by atoms with Gasteiger partial charge in [-0.05, 0) is 62.7 Å². The number of hydrogen-bond donors (Lipinski definition) is 4. The topological polar surface area (TPSA) is 119 Å². The molecule has 0 radical (unpaired) electrons. The number of aromatic nitrogens is 2. The Kier molecular flexibility index (Phi) is 6.40. The minimum absolute atomic E-state index is 0.0341. The van der Waals surface area contributed by atoms with Crippen molar-refractivity contribution < 1.29 is 14.7 Å². The molecule has 2 amide bonds. The van der Waals surface area contributed by atoms with Gasteiger partial charge in [0.05, 0.1) is 17.4 Å². The molecule has 3 aromatic rings. The number of carbonyl (C=O) groups excluding carboxylic acids is 1. The SMILES string of the molecule is C[C@H]1Cc2c(sc(NC(=O)CCN[C@@H]3C[C@H]4CNC[C@H]4C3)c2-c2nc3cnccc3s2)CN1C(=O)O. The number of thiophene rings is 1. The van der Waals surface area contributed by atoms with E-state index < -0.39 is 6.09 Å². The summed E-state index contributed by atoms with van der Waals surface area (Å²) in [5.41, 5.74) is 2.86. The van der Waals surface area contributed by atoms with Crippen molar-refractivity contribution in [1.82, 2.24) is 25.5 Å². The molecular weight excluding hydrogens is 496 g/mol. The van der Waals surface area contributed by atoms with Crippen molar-refractivity contribution in [2.24, 2.45) is 11.8 Å². The highest BCUT2D eigenvalue weighted by molar-refractivity contribution is 7.22. The van der Waals surface area contributed by atoms with E-state index in [0.29, 0.717) is 32.0 Å². The van der Waals surface area contributed by atoms with E-state index >= 15 is 0 Å². The van der Waals surface area contributed by atoms with Crippen LogP contribution in [0.3, 0.4) is 0 Å². The van der Waals surface area contributed by atoms with Gasteiger partial charge in [0.2, 0.25) is 5.91 Å². The van der Waals surface area contributed by atoms with Crippen molar-refractivity contribution >= 4 is 49.9 Å². The lowest BCUT2D eigenvalue weighted by Gasteiger charge is -2.31. The summed E-state index contributed by atoms with van der Waals surface area (Å²) in [5.74, 6) is 1.51. The molecule has 9 nitrogen and oxygen atoms in total. The van der Waals surface area contributed by atoms with Crippen LogP contribution in [0.4, 0.5) is 9.80 Å². The van der Waals surface area contributed by atoms with Gasteiger partial charge in [-0.15, -0.1) is 22.7 Å². The summed E-state index contributed by atoms with van der Waals surface area (Å²) in [6.45, 7) is 5.15. The highest BCUT2D eigenvalue weighted by atomic mass is 32.1. The highest BCUT2D eigenvalue weighted by Gasteiger charge is 2.37. The van der Waals surface area contributed by atoms with Crippen LogP contribution < -0.4 is 16.0 Å². The molecule has 2 fully saturated rings. The van der Waals surface area contributed by atoms with E-state index in [1.165, 1.54) is 29.1 Å². The molecule has 0 aromatic carbocycles. The molecule has 6 rings (SSSR count). The Morgan fingerprint density at radius 1 is 1.25 bits per heavy atom. The van der Waals surface area contributed by atoms with Crippen LogP contribution in [0, 0.1) is 11.8 Å². The monoisotopic (exact) mass is 526 g/mol. The molecule has 4 atom stereocenters. The Bertz CT molecular complexity index is 1260. The van der Waals surface area contributed by atoms with Crippen LogP contribution in [0.25, 0.3) is 20.8 Å². The predicted molar refractivity (Wildman–Crippen MR) is 142 cm³/mol. The lowest BCUT2D eigenvalue weighted by atomic mass is 9.98. The van der Waals surface area contributed by atoms with Crippen molar-refractivity contribution in [2.75, 3.05) is 25.0 Å². The number of amides is 2. The maximum absolute atomic E-state index is 13.0. The van der Waals surface area contributed by atoms with Crippen LogP contribution >= 0.6 is 22.7 Å². The second-order valence-corrected chi connectivity index (χ2v) is 12.3. The van der Waals surface area contributed by atoms with Gasteiger partial charge >= 0.3 is 6.09 Å². The molecule has 36 heavy (non-hydrogen) atoms. The van der Waals surface area contributed by atoms with E-state index in [4.69, 9.17) is 4.98 Å². The Balaban J connectivity index is 1.21. The number of nitrogens with one attached hydrogen (secondary N) is 3. The number of carboxylic acid groups (broad SMARTS) is 1. The molecule has 1 aliphatic carbocycles. The van der Waals surface area contributed by atoms with Crippen LogP contribution in [0.5, 0.6) is 0 Å². The third-order valence-electron chi connectivity index (χ3n) is 7.78. The van der Waals surface area contributed by atoms with E-state index in [2.05, 4.69) is 20.9 Å². The summed E-state index contributed by atoms with van der Waals surface area (Å²) in [4.78, 5) is 36.2. The van der Waals surface area contributed by atoms with Crippen molar-refractivity contribution in [1.29, 1.82) is 0 Å². The van der Waals surface area contributed by atoms with E-state index in [-0.39, 0.29) is 11.9 Å². The summed E-state index contributed by atoms with van der Waals surface area (Å²) in [5, 5.41) is 21.5. The fourth-order valence-corrected chi connectivity index (χ4v) is 8.26. The summed E-state index contributed by atoms with van der Waals surface area (Å²) in [6, 6.07) is 2.30. The van der Waals surface area contributed by atoms with E-state index in [1.807, 2.05) is 13.0 Å². The molecular formula is C25H30N6O3S2. The third kappa shape index (κ3) is 4.49. The van der Waals surface area contributed by atoms with Gasteiger partial charge in [0, 0.05) is 41.7 Å². The molecule has 0 bridgehead atoms. The summed E-state index contributed by atoms with van der Waals surface area (Å²) in [7, 11) is 0. The molecule has 11 heteroatoms. The minimum atomic E-state index is -0.919. The number of fused-ring (bicyclic) bond motifs is 3. The molecule has 3 aliphatic rings. The van der Waals surface area contributed by atoms with Gasteiger partial charge in [0.1, 0.15) is 15.5 Å². The van der Waals surface area contributed by atoms with Gasteiger partial charge < -0.3 is 26.0 Å². The Morgan fingerprint density at radius 3 is 2.81 bits per heavy atom. The van der Waals surface area contributed by atoms with Crippen LogP contribution in [0.2, 0.25) is 0 Å². The van der Waals surface area contributed by atoms with Gasteiger partial charge in [-0.1, -0.05) is 0 Å². The first-order valence-electron chi connectivity index (χ1n) is 12.5. The second-order valence-electron chi connectivity index (χ2n) is 10.1. The van der Waals surface area contributed by atoms with Gasteiger partial charge in [0.25, 0.3) is 0 Å². The van der Waals surface area contributed by atoms with Gasteiger partial charge in [-0.2, -0.15) is 0 Å². The lowest BCUT2D eigenvalue weighted by molar-refractivity contribution is -0.116. The van der Waals surface area contributed by atoms with Crippen molar-refractivity contribution in [3.8, 4) is 10.6 Å². The van der Waals surface area contributed by atoms with E-state index in [0.717, 1.165) is 61.2 Å². The molecule has 4 N–H and O–H groups in total. The smallest absolute Gasteiger partial charge is 0.407 e. The lowest BCUT2D eigenvalue weighted by Crippen LogP contribution is -2.41. The number of rotatable bonds is 6. The number of hydrogen-bond acceptors (Lipinski definition) is 8. The number of anilines is 1. The van der Waals surface area contributed by atoms with Crippen LogP contribution in [0.1, 0.15) is 36.6 Å². The normalized spacial score (nSPS) is 25.2. The second kappa shape index (κ2) is 9.70. The molecule has 0 unspecified atom stereocenters. The van der Waals surface area contributed by atoms with Crippen molar-refractivity contribution in [2.45, 2.75) is 51.2 Å². The van der Waals surface area contributed by atoms with Gasteiger partial charge in [-0.25, -0.2) is 9.78 Å². The van der Waals surface area contributed by atoms with Crippen molar-refractivity contribution in [3.63, 3.8) is 0 Å². The Hall–Kier alpha value is -2.60. The predicted octanol–water partition coefficient (Wildman–Crippen LogP) is 3.76. The molecule has 190 valence electrons. The first-order chi connectivity index (χ1) is 17.5. The average Bonchev–Trinajstić information content (AvgIpc) is 3.59. The number of carbonyl (C=O) groups is 2. The zero-order chi connectivity index (χ0) is 24.8. The van der Waals surface area contributed by atoms with E-state index in [9.17, 15) is 14.7 Å². The van der Waals surface area contributed by atoms with Gasteiger partial charge in [0.15, 0.2) is 0 Å². The maximum atomic E-state index is 13.0. The van der Waals surface area contributed by atoms with Crippen LogP contribution in [0.15, 0.2) is 18.5 Å².